The zero-order chi connectivity index (χ0) is 14.6. The van der Waals surface area contributed by atoms with Gasteiger partial charge in [-0.15, -0.1) is 0 Å². The number of ether oxygens (including phenoxy) is 1. The van der Waals surface area contributed by atoms with Gasteiger partial charge in [0.1, 0.15) is 0 Å². The van der Waals surface area contributed by atoms with Crippen LogP contribution in [0.25, 0.3) is 0 Å². The number of nitrogens with zero attached hydrogens (tertiary/aromatic N) is 4. The van der Waals surface area contributed by atoms with Crippen LogP contribution in [-0.2, 0) is 4.74 Å². The Morgan fingerprint density at radius 3 is 2.55 bits per heavy atom. The van der Waals surface area contributed by atoms with Crippen molar-refractivity contribution in [2.75, 3.05) is 42.7 Å². The van der Waals surface area contributed by atoms with E-state index in [1.54, 1.807) is 7.11 Å². The van der Waals surface area contributed by atoms with Crippen LogP contribution in [0.4, 0.5) is 17.8 Å². The Morgan fingerprint density at radius 1 is 1.20 bits per heavy atom. The van der Waals surface area contributed by atoms with E-state index in [1.807, 2.05) is 13.8 Å². The minimum absolute atomic E-state index is 0.248. The average molecular weight is 280 g/mol. The van der Waals surface area contributed by atoms with Gasteiger partial charge in [0.05, 0.1) is 5.60 Å². The van der Waals surface area contributed by atoms with E-state index in [2.05, 4.69) is 25.2 Å². The quantitative estimate of drug-likeness (QED) is 0.839. The zero-order valence-corrected chi connectivity index (χ0v) is 12.5. The van der Waals surface area contributed by atoms with Crippen LogP contribution < -0.4 is 16.0 Å². The topological polar surface area (TPSA) is 89.2 Å². The molecule has 112 valence electrons. The monoisotopic (exact) mass is 280 g/mol. The van der Waals surface area contributed by atoms with E-state index < -0.39 is 0 Å². The molecule has 0 spiro atoms. The molecule has 0 bridgehead atoms. The number of aromatic nitrogens is 3. The second-order valence-electron chi connectivity index (χ2n) is 5.68. The van der Waals surface area contributed by atoms with Crippen LogP contribution in [0, 0.1) is 0 Å². The Bertz CT molecular complexity index is 444. The molecule has 20 heavy (non-hydrogen) atoms. The number of hydrogen-bond acceptors (Lipinski definition) is 7. The molecule has 1 aliphatic rings. The summed E-state index contributed by atoms with van der Waals surface area (Å²) < 4.78 is 5.36. The molecule has 0 amide bonds. The number of methoxy groups -OCH3 is 1. The first-order valence-electron chi connectivity index (χ1n) is 7.06. The van der Waals surface area contributed by atoms with Gasteiger partial charge >= 0.3 is 0 Å². The number of nitrogen functional groups attached to an aromatic ring is 1. The largest absolute Gasteiger partial charge is 0.377 e. The van der Waals surface area contributed by atoms with E-state index in [0.29, 0.717) is 18.4 Å². The van der Waals surface area contributed by atoms with Crippen molar-refractivity contribution in [1.82, 2.24) is 15.0 Å². The molecule has 2 rings (SSSR count). The van der Waals surface area contributed by atoms with Crippen molar-refractivity contribution < 1.29 is 4.74 Å². The first kappa shape index (κ1) is 14.8. The molecule has 1 aromatic heterocycles. The van der Waals surface area contributed by atoms with Gasteiger partial charge in [-0.1, -0.05) is 0 Å². The van der Waals surface area contributed by atoms with Gasteiger partial charge in [-0.05, 0) is 33.1 Å². The molecule has 0 radical (unpaired) electrons. The standard InChI is InChI=1S/C13H24N6O/c1-13(2,20-3)9-15-11-16-10(14)17-12(18-11)19-7-5-4-6-8-19/h4-9H2,1-3H3,(H3,14,15,16,17,18). The van der Waals surface area contributed by atoms with Gasteiger partial charge in [-0.2, -0.15) is 15.0 Å². The molecule has 2 heterocycles. The fraction of sp³-hybridized carbons (Fsp3) is 0.769. The van der Waals surface area contributed by atoms with Crippen molar-refractivity contribution in [1.29, 1.82) is 0 Å². The Morgan fingerprint density at radius 2 is 1.90 bits per heavy atom. The minimum Gasteiger partial charge on any atom is -0.377 e. The Balaban J connectivity index is 2.08. The number of anilines is 3. The van der Waals surface area contributed by atoms with Gasteiger partial charge in [0.25, 0.3) is 0 Å². The first-order valence-corrected chi connectivity index (χ1v) is 7.06. The van der Waals surface area contributed by atoms with Crippen molar-refractivity contribution in [2.45, 2.75) is 38.7 Å². The van der Waals surface area contributed by atoms with Gasteiger partial charge < -0.3 is 20.7 Å². The van der Waals surface area contributed by atoms with Gasteiger partial charge in [0.2, 0.25) is 17.8 Å². The van der Waals surface area contributed by atoms with Gasteiger partial charge in [0, 0.05) is 26.7 Å². The number of piperidine rings is 1. The van der Waals surface area contributed by atoms with E-state index in [9.17, 15) is 0 Å². The lowest BCUT2D eigenvalue weighted by atomic mass is 10.1. The summed E-state index contributed by atoms with van der Waals surface area (Å²) in [5.41, 5.74) is 5.49. The molecular formula is C13H24N6O. The van der Waals surface area contributed by atoms with Crippen molar-refractivity contribution >= 4 is 17.8 Å². The summed E-state index contributed by atoms with van der Waals surface area (Å²) >= 11 is 0. The number of nitrogens with two attached hydrogens (primary N) is 1. The predicted octanol–water partition coefficient (Wildman–Crippen LogP) is 1.28. The maximum Gasteiger partial charge on any atom is 0.231 e. The Labute approximate surface area is 119 Å². The van der Waals surface area contributed by atoms with Crippen molar-refractivity contribution in [3.05, 3.63) is 0 Å². The average Bonchev–Trinajstić information content (AvgIpc) is 2.46. The summed E-state index contributed by atoms with van der Waals surface area (Å²) in [5, 5.41) is 3.16. The molecule has 0 unspecified atom stereocenters. The highest BCUT2D eigenvalue weighted by Gasteiger charge is 2.18. The number of hydrogen-bond donors (Lipinski definition) is 2. The maximum atomic E-state index is 5.78. The molecule has 0 aromatic carbocycles. The Hall–Kier alpha value is -1.63. The number of nitrogens with one attached hydrogen (secondary N) is 1. The van der Waals surface area contributed by atoms with E-state index in [4.69, 9.17) is 10.5 Å². The van der Waals surface area contributed by atoms with E-state index in [-0.39, 0.29) is 11.5 Å². The van der Waals surface area contributed by atoms with Gasteiger partial charge in [-0.3, -0.25) is 0 Å². The summed E-state index contributed by atoms with van der Waals surface area (Å²) in [4.78, 5) is 15.0. The molecule has 1 fully saturated rings. The fourth-order valence-electron chi connectivity index (χ4n) is 2.06. The molecular weight excluding hydrogens is 256 g/mol. The van der Waals surface area contributed by atoms with Crippen LogP contribution in [-0.4, -0.2) is 47.3 Å². The molecule has 7 heteroatoms. The van der Waals surface area contributed by atoms with Crippen LogP contribution in [0.15, 0.2) is 0 Å². The van der Waals surface area contributed by atoms with Crippen LogP contribution in [0.3, 0.4) is 0 Å². The van der Waals surface area contributed by atoms with Crippen LogP contribution in [0.5, 0.6) is 0 Å². The van der Waals surface area contributed by atoms with Crippen molar-refractivity contribution in [3.63, 3.8) is 0 Å². The minimum atomic E-state index is -0.285. The summed E-state index contributed by atoms with van der Waals surface area (Å²) in [6.07, 6.45) is 3.61. The van der Waals surface area contributed by atoms with Gasteiger partial charge in [0.15, 0.2) is 0 Å². The maximum absolute atomic E-state index is 5.78. The molecule has 1 aromatic rings. The summed E-state index contributed by atoms with van der Waals surface area (Å²) in [5.74, 6) is 1.41. The molecule has 0 aliphatic carbocycles. The van der Waals surface area contributed by atoms with Crippen LogP contribution >= 0.6 is 0 Å². The zero-order valence-electron chi connectivity index (χ0n) is 12.5. The second-order valence-corrected chi connectivity index (χ2v) is 5.68. The summed E-state index contributed by atoms with van der Waals surface area (Å²) in [7, 11) is 1.68. The Kier molecular flexibility index (Phi) is 4.59. The van der Waals surface area contributed by atoms with E-state index in [0.717, 1.165) is 13.1 Å². The predicted molar refractivity (Wildman–Crippen MR) is 79.9 cm³/mol. The normalized spacial score (nSPS) is 16.2. The highest BCUT2D eigenvalue weighted by atomic mass is 16.5. The van der Waals surface area contributed by atoms with Crippen LogP contribution in [0.1, 0.15) is 33.1 Å². The molecule has 7 nitrogen and oxygen atoms in total. The molecule has 0 saturated carbocycles. The fourth-order valence-corrected chi connectivity index (χ4v) is 2.06. The lowest BCUT2D eigenvalue weighted by Crippen LogP contribution is -2.34. The molecule has 3 N–H and O–H groups in total. The van der Waals surface area contributed by atoms with E-state index in [1.165, 1.54) is 19.3 Å². The van der Waals surface area contributed by atoms with E-state index >= 15 is 0 Å². The third-order valence-corrected chi connectivity index (χ3v) is 3.50. The molecule has 1 aliphatic heterocycles. The highest BCUT2D eigenvalue weighted by molar-refractivity contribution is 5.42. The van der Waals surface area contributed by atoms with Crippen LogP contribution in [0.2, 0.25) is 0 Å². The third-order valence-electron chi connectivity index (χ3n) is 3.50. The lowest BCUT2D eigenvalue weighted by molar-refractivity contribution is 0.0342. The molecule has 1 saturated heterocycles. The van der Waals surface area contributed by atoms with Crippen molar-refractivity contribution in [2.24, 2.45) is 0 Å². The lowest BCUT2D eigenvalue weighted by Gasteiger charge is -2.27. The molecule has 0 atom stereocenters. The smallest absolute Gasteiger partial charge is 0.231 e. The SMILES string of the molecule is COC(C)(C)CNc1nc(N)nc(N2CCCCC2)n1. The van der Waals surface area contributed by atoms with Gasteiger partial charge in [-0.25, -0.2) is 0 Å². The third kappa shape index (κ3) is 3.93. The summed E-state index contributed by atoms with van der Waals surface area (Å²) in [6.45, 7) is 6.55. The second kappa shape index (κ2) is 6.21. The van der Waals surface area contributed by atoms with Crippen molar-refractivity contribution in [3.8, 4) is 0 Å². The first-order chi connectivity index (χ1) is 9.50. The number of rotatable bonds is 5. The summed E-state index contributed by atoms with van der Waals surface area (Å²) in [6, 6.07) is 0. The highest BCUT2D eigenvalue weighted by Crippen LogP contribution is 2.18.